The minimum absolute atomic E-state index is 0.140. The Labute approximate surface area is 121 Å². The van der Waals surface area contributed by atoms with Crippen LogP contribution in [0.5, 0.6) is 5.75 Å². The summed E-state index contributed by atoms with van der Waals surface area (Å²) in [6.07, 6.45) is 0. The molecule has 0 bridgehead atoms. The van der Waals surface area contributed by atoms with Crippen LogP contribution in [0.25, 0.3) is 10.8 Å². The number of amides is 1. The van der Waals surface area contributed by atoms with Gasteiger partial charge in [-0.15, -0.1) is 0 Å². The van der Waals surface area contributed by atoms with E-state index in [2.05, 4.69) is 5.32 Å². The number of nitrogens with one attached hydrogen (secondary N) is 1. The Balaban J connectivity index is 1.98. The number of benzene rings is 3. The van der Waals surface area contributed by atoms with Crippen LogP contribution in [0.15, 0.2) is 60.7 Å². The van der Waals surface area contributed by atoms with E-state index in [1.165, 1.54) is 0 Å². The Bertz CT molecular complexity index is 805. The van der Waals surface area contributed by atoms with Crippen molar-refractivity contribution < 1.29 is 9.90 Å². The van der Waals surface area contributed by atoms with Crippen molar-refractivity contribution in [1.29, 1.82) is 0 Å². The quantitative estimate of drug-likeness (QED) is 0.629. The molecule has 0 saturated carbocycles. The molecule has 0 radical (unpaired) electrons. The van der Waals surface area contributed by atoms with E-state index >= 15 is 0 Å². The zero-order chi connectivity index (χ0) is 14.8. The number of fused-ring (bicyclic) bond motifs is 1. The summed E-state index contributed by atoms with van der Waals surface area (Å²) >= 11 is 0. The van der Waals surface area contributed by atoms with Gasteiger partial charge < -0.3 is 16.2 Å². The van der Waals surface area contributed by atoms with Crippen molar-refractivity contribution in [2.45, 2.75) is 0 Å². The normalized spacial score (nSPS) is 10.5. The highest BCUT2D eigenvalue weighted by molar-refractivity contribution is 6.10. The van der Waals surface area contributed by atoms with E-state index in [0.29, 0.717) is 22.3 Å². The molecule has 4 N–H and O–H groups in total. The number of carbonyl (C=O) groups is 1. The van der Waals surface area contributed by atoms with Crippen molar-refractivity contribution in [3.05, 3.63) is 66.2 Å². The Morgan fingerprint density at radius 2 is 1.62 bits per heavy atom. The number of anilines is 2. The second-order valence-corrected chi connectivity index (χ2v) is 4.76. The van der Waals surface area contributed by atoms with Crippen LogP contribution in [-0.2, 0) is 0 Å². The molecule has 3 aromatic rings. The van der Waals surface area contributed by atoms with Crippen LogP contribution in [0.1, 0.15) is 10.4 Å². The third-order valence-electron chi connectivity index (χ3n) is 3.30. The van der Waals surface area contributed by atoms with E-state index in [1.807, 2.05) is 18.2 Å². The molecule has 1 amide bonds. The fraction of sp³-hybridized carbons (Fsp3) is 0. The largest absolute Gasteiger partial charge is 0.507 e. The second-order valence-electron chi connectivity index (χ2n) is 4.76. The minimum Gasteiger partial charge on any atom is -0.507 e. The number of nitrogens with two attached hydrogens (primary N) is 1. The fourth-order valence-electron chi connectivity index (χ4n) is 2.25. The Hall–Kier alpha value is -3.01. The van der Waals surface area contributed by atoms with Gasteiger partial charge in [0.2, 0.25) is 0 Å². The van der Waals surface area contributed by atoms with Crippen molar-refractivity contribution >= 4 is 28.1 Å². The average Bonchev–Trinajstić information content (AvgIpc) is 2.48. The van der Waals surface area contributed by atoms with Gasteiger partial charge in [-0.2, -0.15) is 0 Å². The monoisotopic (exact) mass is 278 g/mol. The highest BCUT2D eigenvalue weighted by Gasteiger charge is 2.10. The van der Waals surface area contributed by atoms with Gasteiger partial charge in [0, 0.05) is 16.6 Å². The number of phenols is 1. The standard InChI is InChI=1S/C17H14N2O2/c18-13-9-7-12(8-10-13)17(21)19-14-5-1-3-11-4-2-6-15(20)16(11)14/h1-10,20H,18H2,(H,19,21). The molecule has 4 heteroatoms. The van der Waals surface area contributed by atoms with E-state index < -0.39 is 0 Å². The molecular weight excluding hydrogens is 264 g/mol. The van der Waals surface area contributed by atoms with E-state index in [0.717, 1.165) is 5.39 Å². The molecule has 0 spiro atoms. The molecule has 0 unspecified atom stereocenters. The van der Waals surface area contributed by atoms with Crippen molar-refractivity contribution in [3.63, 3.8) is 0 Å². The summed E-state index contributed by atoms with van der Waals surface area (Å²) in [5.41, 5.74) is 7.30. The molecule has 104 valence electrons. The highest BCUT2D eigenvalue weighted by atomic mass is 16.3. The molecule has 4 nitrogen and oxygen atoms in total. The van der Waals surface area contributed by atoms with Gasteiger partial charge >= 0.3 is 0 Å². The molecule has 0 aliphatic rings. The predicted octanol–water partition coefficient (Wildman–Crippen LogP) is 3.38. The lowest BCUT2D eigenvalue weighted by Crippen LogP contribution is -2.12. The Morgan fingerprint density at radius 3 is 2.33 bits per heavy atom. The van der Waals surface area contributed by atoms with Crippen LogP contribution in [0.4, 0.5) is 11.4 Å². The molecule has 0 aromatic heterocycles. The second kappa shape index (κ2) is 5.17. The van der Waals surface area contributed by atoms with E-state index in [9.17, 15) is 9.90 Å². The molecular formula is C17H14N2O2. The molecule has 3 rings (SSSR count). The van der Waals surface area contributed by atoms with Gasteiger partial charge in [-0.05, 0) is 41.8 Å². The molecule has 0 atom stereocenters. The first kappa shape index (κ1) is 13.0. The van der Waals surface area contributed by atoms with Gasteiger partial charge in [0.1, 0.15) is 5.75 Å². The van der Waals surface area contributed by atoms with Gasteiger partial charge in [0.05, 0.1) is 5.69 Å². The van der Waals surface area contributed by atoms with Crippen molar-refractivity contribution in [2.75, 3.05) is 11.1 Å². The van der Waals surface area contributed by atoms with E-state index in [1.54, 1.807) is 42.5 Å². The summed E-state index contributed by atoms with van der Waals surface area (Å²) in [5, 5.41) is 14.3. The van der Waals surface area contributed by atoms with Crippen LogP contribution in [0, 0.1) is 0 Å². The Kier molecular flexibility index (Phi) is 3.20. The summed E-state index contributed by atoms with van der Waals surface area (Å²) in [4.78, 5) is 12.2. The zero-order valence-corrected chi connectivity index (χ0v) is 11.2. The van der Waals surface area contributed by atoms with Gasteiger partial charge in [-0.3, -0.25) is 4.79 Å². The topological polar surface area (TPSA) is 75.4 Å². The maximum Gasteiger partial charge on any atom is 0.255 e. The number of nitrogen functional groups attached to an aromatic ring is 1. The molecule has 0 fully saturated rings. The van der Waals surface area contributed by atoms with Crippen LogP contribution in [-0.4, -0.2) is 11.0 Å². The smallest absolute Gasteiger partial charge is 0.255 e. The van der Waals surface area contributed by atoms with Crippen LogP contribution < -0.4 is 11.1 Å². The lowest BCUT2D eigenvalue weighted by molar-refractivity contribution is 0.102. The first-order chi connectivity index (χ1) is 10.1. The van der Waals surface area contributed by atoms with Crippen molar-refractivity contribution in [2.24, 2.45) is 0 Å². The maximum absolute atomic E-state index is 12.2. The van der Waals surface area contributed by atoms with Crippen LogP contribution in [0.2, 0.25) is 0 Å². The lowest BCUT2D eigenvalue weighted by Gasteiger charge is -2.10. The summed E-state index contributed by atoms with van der Waals surface area (Å²) in [6, 6.07) is 17.4. The number of hydrogen-bond acceptors (Lipinski definition) is 3. The zero-order valence-electron chi connectivity index (χ0n) is 11.2. The molecule has 0 saturated heterocycles. The number of carbonyl (C=O) groups excluding carboxylic acids is 1. The maximum atomic E-state index is 12.2. The number of rotatable bonds is 2. The first-order valence-electron chi connectivity index (χ1n) is 6.53. The number of hydrogen-bond donors (Lipinski definition) is 3. The summed E-state index contributed by atoms with van der Waals surface area (Å²) in [5.74, 6) is -0.105. The molecule has 3 aromatic carbocycles. The van der Waals surface area contributed by atoms with Gasteiger partial charge in [-0.1, -0.05) is 24.3 Å². The third-order valence-corrected chi connectivity index (χ3v) is 3.30. The molecule has 0 aliphatic heterocycles. The highest BCUT2D eigenvalue weighted by Crippen LogP contribution is 2.31. The van der Waals surface area contributed by atoms with Gasteiger partial charge in [0.15, 0.2) is 0 Å². The Morgan fingerprint density at radius 1 is 0.952 bits per heavy atom. The van der Waals surface area contributed by atoms with Crippen molar-refractivity contribution in [3.8, 4) is 5.75 Å². The summed E-state index contributed by atoms with van der Waals surface area (Å²) in [6.45, 7) is 0. The third kappa shape index (κ3) is 2.51. The summed E-state index contributed by atoms with van der Waals surface area (Å²) < 4.78 is 0. The van der Waals surface area contributed by atoms with E-state index in [-0.39, 0.29) is 11.7 Å². The average molecular weight is 278 g/mol. The molecule has 21 heavy (non-hydrogen) atoms. The molecule has 0 heterocycles. The predicted molar refractivity (Wildman–Crippen MR) is 84.4 cm³/mol. The minimum atomic E-state index is -0.245. The SMILES string of the molecule is Nc1ccc(C(=O)Nc2cccc3cccc(O)c23)cc1. The van der Waals surface area contributed by atoms with Gasteiger partial charge in [0.25, 0.3) is 5.91 Å². The van der Waals surface area contributed by atoms with Crippen LogP contribution in [0.3, 0.4) is 0 Å². The lowest BCUT2D eigenvalue weighted by atomic mass is 10.1. The number of phenolic OH excluding ortho intramolecular Hbond substituents is 1. The number of aromatic hydroxyl groups is 1. The van der Waals surface area contributed by atoms with Gasteiger partial charge in [-0.25, -0.2) is 0 Å². The van der Waals surface area contributed by atoms with Crippen LogP contribution >= 0.6 is 0 Å². The summed E-state index contributed by atoms with van der Waals surface area (Å²) in [7, 11) is 0. The van der Waals surface area contributed by atoms with E-state index in [4.69, 9.17) is 5.73 Å². The van der Waals surface area contributed by atoms with Crippen molar-refractivity contribution in [1.82, 2.24) is 0 Å². The fourth-order valence-corrected chi connectivity index (χ4v) is 2.25. The first-order valence-corrected chi connectivity index (χ1v) is 6.53. The molecule has 0 aliphatic carbocycles.